The third kappa shape index (κ3) is 3.90. The van der Waals surface area contributed by atoms with Crippen LogP contribution < -0.4 is 0 Å². The van der Waals surface area contributed by atoms with E-state index in [9.17, 15) is 0 Å². The van der Waals surface area contributed by atoms with Gasteiger partial charge in [0.15, 0.2) is 0 Å². The molecule has 0 N–H and O–H groups in total. The van der Waals surface area contributed by atoms with Crippen molar-refractivity contribution in [3.05, 3.63) is 30.1 Å². The molecule has 0 bridgehead atoms. The molecule has 0 saturated heterocycles. The SMILES string of the molecule is C/C=C/C.Cc1cnn(C2CCCC2)c1. The quantitative estimate of drug-likeness (QED) is 0.637. The van der Waals surface area contributed by atoms with E-state index in [1.807, 2.05) is 32.2 Å². The van der Waals surface area contributed by atoms with E-state index in [0.29, 0.717) is 6.04 Å². The lowest BCUT2D eigenvalue weighted by molar-refractivity contribution is 0.466. The number of aryl methyl sites for hydroxylation is 1. The van der Waals surface area contributed by atoms with E-state index in [2.05, 4.69) is 22.9 Å². The van der Waals surface area contributed by atoms with Gasteiger partial charge < -0.3 is 0 Å². The Hall–Kier alpha value is -1.05. The molecule has 1 fully saturated rings. The topological polar surface area (TPSA) is 17.8 Å². The van der Waals surface area contributed by atoms with Crippen LogP contribution in [0.5, 0.6) is 0 Å². The standard InChI is InChI=1S/C9H14N2.C4H8/c1-8-6-10-11(7-8)9-4-2-3-5-9;1-3-4-2/h6-7,9H,2-5H2,1H3;3-4H,1-2H3/b;4-3+. The minimum Gasteiger partial charge on any atom is -0.269 e. The van der Waals surface area contributed by atoms with E-state index in [1.54, 1.807) is 0 Å². The zero-order chi connectivity index (χ0) is 11.1. The molecular weight excluding hydrogens is 184 g/mol. The van der Waals surface area contributed by atoms with Crippen LogP contribution in [-0.2, 0) is 0 Å². The highest BCUT2D eigenvalue weighted by Gasteiger charge is 2.16. The molecule has 2 heteroatoms. The normalized spacial score (nSPS) is 16.7. The Bertz CT molecular complexity index is 289. The van der Waals surface area contributed by atoms with E-state index in [0.717, 1.165) is 0 Å². The van der Waals surface area contributed by atoms with Crippen molar-refractivity contribution in [3.63, 3.8) is 0 Å². The summed E-state index contributed by atoms with van der Waals surface area (Å²) < 4.78 is 2.13. The molecule has 1 aromatic heterocycles. The van der Waals surface area contributed by atoms with E-state index >= 15 is 0 Å². The summed E-state index contributed by atoms with van der Waals surface area (Å²) in [5.74, 6) is 0. The van der Waals surface area contributed by atoms with E-state index in [1.165, 1.54) is 31.2 Å². The molecule has 1 aliphatic carbocycles. The highest BCUT2D eigenvalue weighted by atomic mass is 15.3. The molecule has 1 aliphatic rings. The fraction of sp³-hybridized carbons (Fsp3) is 0.615. The minimum atomic E-state index is 0.698. The van der Waals surface area contributed by atoms with Gasteiger partial charge >= 0.3 is 0 Å². The number of allylic oxidation sites excluding steroid dienone is 2. The lowest BCUT2D eigenvalue weighted by atomic mass is 10.2. The Morgan fingerprint density at radius 3 is 2.27 bits per heavy atom. The molecule has 0 atom stereocenters. The van der Waals surface area contributed by atoms with Gasteiger partial charge in [0, 0.05) is 6.20 Å². The predicted molar refractivity (Wildman–Crippen MR) is 65.0 cm³/mol. The third-order valence-corrected chi connectivity index (χ3v) is 2.76. The van der Waals surface area contributed by atoms with Gasteiger partial charge in [0.1, 0.15) is 0 Å². The minimum absolute atomic E-state index is 0.698. The summed E-state index contributed by atoms with van der Waals surface area (Å²) in [6.45, 7) is 6.10. The van der Waals surface area contributed by atoms with Crippen LogP contribution in [-0.4, -0.2) is 9.78 Å². The van der Waals surface area contributed by atoms with Gasteiger partial charge in [-0.3, -0.25) is 4.68 Å². The summed E-state index contributed by atoms with van der Waals surface area (Å²) in [5.41, 5.74) is 1.27. The molecule has 1 aromatic rings. The summed E-state index contributed by atoms with van der Waals surface area (Å²) in [6.07, 6.45) is 13.5. The van der Waals surface area contributed by atoms with Crippen LogP contribution in [0.4, 0.5) is 0 Å². The number of hydrogen-bond donors (Lipinski definition) is 0. The maximum Gasteiger partial charge on any atom is 0.0519 e. The Balaban J connectivity index is 0.000000245. The molecule has 0 aliphatic heterocycles. The average Bonchev–Trinajstić information content (AvgIpc) is 2.88. The van der Waals surface area contributed by atoms with Gasteiger partial charge in [0.2, 0.25) is 0 Å². The van der Waals surface area contributed by atoms with Crippen LogP contribution in [0, 0.1) is 6.92 Å². The fourth-order valence-corrected chi connectivity index (χ4v) is 1.80. The molecule has 0 amide bonds. The summed E-state index contributed by atoms with van der Waals surface area (Å²) in [6, 6.07) is 0.698. The van der Waals surface area contributed by atoms with Crippen molar-refractivity contribution in [1.82, 2.24) is 9.78 Å². The van der Waals surface area contributed by atoms with Crippen LogP contribution in [0.3, 0.4) is 0 Å². The second-order valence-electron chi connectivity index (χ2n) is 4.10. The van der Waals surface area contributed by atoms with Gasteiger partial charge in [0.25, 0.3) is 0 Å². The molecule has 1 heterocycles. The van der Waals surface area contributed by atoms with E-state index < -0.39 is 0 Å². The average molecular weight is 206 g/mol. The first-order chi connectivity index (χ1) is 7.27. The van der Waals surface area contributed by atoms with Gasteiger partial charge in [0.05, 0.1) is 12.2 Å². The number of hydrogen-bond acceptors (Lipinski definition) is 1. The molecule has 0 aromatic carbocycles. The predicted octanol–water partition coefficient (Wildman–Crippen LogP) is 3.89. The van der Waals surface area contributed by atoms with Gasteiger partial charge in [-0.2, -0.15) is 5.10 Å². The molecule has 15 heavy (non-hydrogen) atoms. The first-order valence-corrected chi connectivity index (χ1v) is 5.86. The summed E-state index contributed by atoms with van der Waals surface area (Å²) >= 11 is 0. The molecule has 2 nitrogen and oxygen atoms in total. The van der Waals surface area contributed by atoms with Crippen LogP contribution in [0.25, 0.3) is 0 Å². The Labute approximate surface area is 93.0 Å². The first-order valence-electron chi connectivity index (χ1n) is 5.86. The van der Waals surface area contributed by atoms with Gasteiger partial charge in [-0.1, -0.05) is 25.0 Å². The number of rotatable bonds is 1. The molecule has 0 unspecified atom stereocenters. The second kappa shape index (κ2) is 6.44. The smallest absolute Gasteiger partial charge is 0.0519 e. The number of aromatic nitrogens is 2. The van der Waals surface area contributed by atoms with Crippen molar-refractivity contribution < 1.29 is 0 Å². The van der Waals surface area contributed by atoms with E-state index in [-0.39, 0.29) is 0 Å². The molecule has 84 valence electrons. The zero-order valence-corrected chi connectivity index (χ0v) is 10.1. The van der Waals surface area contributed by atoms with Crippen molar-refractivity contribution in [3.8, 4) is 0 Å². The lowest BCUT2D eigenvalue weighted by Gasteiger charge is -2.07. The molecule has 1 saturated carbocycles. The van der Waals surface area contributed by atoms with Crippen LogP contribution in [0.2, 0.25) is 0 Å². The maximum absolute atomic E-state index is 4.31. The highest BCUT2D eigenvalue weighted by Crippen LogP contribution is 2.28. The van der Waals surface area contributed by atoms with Crippen LogP contribution in [0.15, 0.2) is 24.5 Å². The zero-order valence-electron chi connectivity index (χ0n) is 10.1. The van der Waals surface area contributed by atoms with Crippen molar-refractivity contribution >= 4 is 0 Å². The Kier molecular flexibility index (Phi) is 5.16. The third-order valence-electron chi connectivity index (χ3n) is 2.76. The van der Waals surface area contributed by atoms with Crippen LogP contribution in [0.1, 0.15) is 51.1 Å². The molecule has 2 rings (SSSR count). The van der Waals surface area contributed by atoms with Gasteiger partial charge in [-0.05, 0) is 39.2 Å². The second-order valence-corrected chi connectivity index (χ2v) is 4.10. The fourth-order valence-electron chi connectivity index (χ4n) is 1.80. The lowest BCUT2D eigenvalue weighted by Crippen LogP contribution is -2.04. The summed E-state index contributed by atoms with van der Waals surface area (Å²) in [4.78, 5) is 0. The van der Waals surface area contributed by atoms with E-state index in [4.69, 9.17) is 0 Å². The van der Waals surface area contributed by atoms with Crippen LogP contribution >= 0.6 is 0 Å². The van der Waals surface area contributed by atoms with Crippen molar-refractivity contribution in [2.75, 3.05) is 0 Å². The van der Waals surface area contributed by atoms with Gasteiger partial charge in [-0.15, -0.1) is 0 Å². The molecule has 0 spiro atoms. The Morgan fingerprint density at radius 1 is 1.27 bits per heavy atom. The maximum atomic E-state index is 4.31. The molecule has 0 radical (unpaired) electrons. The summed E-state index contributed by atoms with van der Waals surface area (Å²) in [7, 11) is 0. The van der Waals surface area contributed by atoms with Crippen molar-refractivity contribution in [2.24, 2.45) is 0 Å². The number of nitrogens with zero attached hydrogens (tertiary/aromatic N) is 2. The van der Waals surface area contributed by atoms with Crippen molar-refractivity contribution in [1.29, 1.82) is 0 Å². The van der Waals surface area contributed by atoms with Gasteiger partial charge in [-0.25, -0.2) is 0 Å². The monoisotopic (exact) mass is 206 g/mol. The highest BCUT2D eigenvalue weighted by molar-refractivity contribution is 5.00. The summed E-state index contributed by atoms with van der Waals surface area (Å²) in [5, 5.41) is 4.31. The van der Waals surface area contributed by atoms with Crippen molar-refractivity contribution in [2.45, 2.75) is 52.5 Å². The molecular formula is C13H22N2. The first kappa shape index (κ1) is 12.0. The Morgan fingerprint density at radius 2 is 1.87 bits per heavy atom. The largest absolute Gasteiger partial charge is 0.269 e.